The summed E-state index contributed by atoms with van der Waals surface area (Å²) >= 11 is 0. The lowest BCUT2D eigenvalue weighted by atomic mass is 9.95. The van der Waals surface area contributed by atoms with Crippen LogP contribution in [0, 0.1) is 40.9 Å². The summed E-state index contributed by atoms with van der Waals surface area (Å²) < 4.78 is 112. The number of alkyl halides is 4. The number of Topliss-reactive ketones (excluding diaryl/α,β-unsaturated/α-hetero) is 1. The molecule has 438 valence electrons. The Labute approximate surface area is 448 Å². The first-order valence-electron chi connectivity index (χ1n) is 28.1. The van der Waals surface area contributed by atoms with E-state index in [0.29, 0.717) is 42.3 Å². The van der Waals surface area contributed by atoms with E-state index in [1.165, 1.54) is 19.8 Å². The smallest absolute Gasteiger partial charge is 0.407 e. The van der Waals surface area contributed by atoms with E-state index in [1.54, 1.807) is 27.7 Å². The molecule has 0 aromatic heterocycles. The summed E-state index contributed by atoms with van der Waals surface area (Å²) in [7, 11) is -5.28. The van der Waals surface area contributed by atoms with Crippen LogP contribution in [0.4, 0.5) is 22.4 Å². The standard InChI is InChI=1S/C10H16F2O2.C9H16F2O2.C8H15NO.C8H16O.C7H13NO2.C7H14O2S.C6H12O2/c1-7(2)14-8(13)6-10(4-5-10)9(3,11)12;1-6(2)13-8(12)5-7(3)9(4,10)11;1-6(2)9-8(10)5-7-3-4-7;1-6(2)5-8(9)7(3)4;1-5(2)8-7(9)10-6-3-4-6;1-6(2)5-10(8,9)7-3-4-7;1-5(2)4-6(7)8-3/h7H,4-6H2,1-3H3;6-7H,5H2,1-4H3;6-7H,3-5H2,1-2H3,(H,9,10);6-7H,5H2,1-4H3;5-6H,3-4H2,1-2H3,(H,8,9);6-7H,3-5H2,1-2H3;5H,4H2,1-3H3/t;7-;;;;;/m.1...../s1/i;;;;;;3D3. The van der Waals surface area contributed by atoms with Gasteiger partial charge in [0, 0.05) is 48.6 Å². The number of esters is 3. The van der Waals surface area contributed by atoms with Crippen molar-refractivity contribution in [1.82, 2.24) is 10.6 Å². The van der Waals surface area contributed by atoms with E-state index < -0.39 is 58.0 Å². The van der Waals surface area contributed by atoms with Crippen molar-refractivity contribution in [2.24, 2.45) is 40.9 Å². The maximum atomic E-state index is 13.1. The molecule has 2 amide bonds. The van der Waals surface area contributed by atoms with Crippen molar-refractivity contribution < 1.29 is 77.8 Å². The SMILES string of the molecule is CC(C)CC(=O)C(C)C.CC(C)CS(=O)(=O)C1CC1.CC(C)NC(=O)CC1CC1.CC(C)NC(=O)OC1CC1.CC(C)OC(=O)CC1(C(C)(F)F)CC1.CC(C)OC(=O)C[C@@H](C)C(C)(F)F.[2H]C([2H])([2H])OC(=O)CC(C)C. The lowest BCUT2D eigenvalue weighted by molar-refractivity contribution is -0.154. The van der Waals surface area contributed by atoms with Gasteiger partial charge in [0.15, 0.2) is 9.84 Å². The van der Waals surface area contributed by atoms with Gasteiger partial charge in [0.25, 0.3) is 5.92 Å². The monoisotopic (exact) mass is 1090 g/mol. The van der Waals surface area contributed by atoms with Crippen LogP contribution in [0.2, 0.25) is 0 Å². The van der Waals surface area contributed by atoms with Crippen molar-refractivity contribution in [3.8, 4) is 0 Å². The fourth-order valence-corrected chi connectivity index (χ4v) is 7.91. The number of hydrogen-bond acceptors (Lipinski definition) is 12. The van der Waals surface area contributed by atoms with Crippen molar-refractivity contribution in [3.05, 3.63) is 0 Å². The summed E-state index contributed by atoms with van der Waals surface area (Å²) in [5.74, 6) is -5.50. The number of nitrogens with one attached hydrogen (secondary N) is 2. The lowest BCUT2D eigenvalue weighted by Gasteiger charge is -2.22. The van der Waals surface area contributed by atoms with Gasteiger partial charge in [-0.1, -0.05) is 62.3 Å². The van der Waals surface area contributed by atoms with Crippen LogP contribution < -0.4 is 10.6 Å². The Morgan fingerprint density at radius 3 is 1.42 bits per heavy atom. The number of ketones is 1. The van der Waals surface area contributed by atoms with E-state index in [2.05, 4.69) is 29.2 Å². The molecule has 0 bridgehead atoms. The molecule has 0 unspecified atom stereocenters. The molecule has 74 heavy (non-hydrogen) atoms. The van der Waals surface area contributed by atoms with Crippen LogP contribution in [0.3, 0.4) is 0 Å². The van der Waals surface area contributed by atoms with Gasteiger partial charge in [0.1, 0.15) is 11.9 Å². The van der Waals surface area contributed by atoms with E-state index in [9.17, 15) is 54.7 Å². The van der Waals surface area contributed by atoms with Crippen molar-refractivity contribution in [2.75, 3.05) is 12.8 Å². The highest BCUT2D eigenvalue weighted by Gasteiger charge is 2.60. The summed E-state index contributed by atoms with van der Waals surface area (Å²) in [6, 6.07) is 0.470. The molecule has 4 saturated carbocycles. The van der Waals surface area contributed by atoms with Crippen molar-refractivity contribution in [1.29, 1.82) is 0 Å². The van der Waals surface area contributed by atoms with E-state index in [0.717, 1.165) is 52.4 Å². The molecule has 4 aliphatic rings. The number of carbonyl (C=O) groups excluding carboxylic acids is 6. The zero-order chi connectivity index (χ0) is 61.0. The summed E-state index contributed by atoms with van der Waals surface area (Å²) in [6.07, 6.45) is 7.90. The lowest BCUT2D eigenvalue weighted by Crippen LogP contribution is -2.31. The molecule has 0 aromatic rings. The number of ether oxygens (including phenoxy) is 4. The van der Waals surface area contributed by atoms with Crippen LogP contribution >= 0.6 is 0 Å². The predicted octanol–water partition coefficient (Wildman–Crippen LogP) is 12.7. The normalized spacial score (nSPS) is 16.7. The number of halogens is 4. The van der Waals surface area contributed by atoms with E-state index in [-0.39, 0.29) is 78.6 Å². The summed E-state index contributed by atoms with van der Waals surface area (Å²) in [5.41, 5.74) is -1.11. The third kappa shape index (κ3) is 44.8. The van der Waals surface area contributed by atoms with Crippen molar-refractivity contribution in [3.63, 3.8) is 0 Å². The number of hydrogen-bond donors (Lipinski definition) is 2. The zero-order valence-electron chi connectivity index (χ0n) is 51.6. The highest BCUT2D eigenvalue weighted by atomic mass is 32.2. The Hall–Kier alpha value is -3.51. The average molecular weight is 1090 g/mol. The van der Waals surface area contributed by atoms with Gasteiger partial charge in [-0.25, -0.2) is 30.8 Å². The summed E-state index contributed by atoms with van der Waals surface area (Å²) in [5, 5.41) is 5.55. The maximum absolute atomic E-state index is 13.1. The molecular weight excluding hydrogens is 989 g/mol. The van der Waals surface area contributed by atoms with Gasteiger partial charge in [-0.05, 0) is 144 Å². The molecule has 0 heterocycles. The number of rotatable bonds is 21. The number of amides is 2. The van der Waals surface area contributed by atoms with Crippen LogP contribution in [0.15, 0.2) is 0 Å². The molecular formula is C55H102F4N2O12S. The largest absolute Gasteiger partial charge is 0.469 e. The Kier molecular flexibility index (Phi) is 33.8. The Morgan fingerprint density at radius 2 is 1.11 bits per heavy atom. The van der Waals surface area contributed by atoms with Crippen LogP contribution in [0.5, 0.6) is 0 Å². The minimum absolute atomic E-state index is 0.0231. The van der Waals surface area contributed by atoms with Gasteiger partial charge in [-0.3, -0.25) is 24.0 Å². The number of carbonyl (C=O) groups is 6. The number of methoxy groups -OCH3 is 1. The molecule has 0 radical (unpaired) electrons. The first kappa shape index (κ1) is 68.5. The van der Waals surface area contributed by atoms with Gasteiger partial charge in [0.05, 0.1) is 47.2 Å². The van der Waals surface area contributed by atoms with Crippen LogP contribution in [0.25, 0.3) is 0 Å². The third-order valence-corrected chi connectivity index (χ3v) is 13.3. The minimum atomic E-state index is -2.82. The van der Waals surface area contributed by atoms with Gasteiger partial charge in [-0.15, -0.1) is 0 Å². The molecule has 0 aliphatic heterocycles. The molecule has 14 nitrogen and oxygen atoms in total. The van der Waals surface area contributed by atoms with E-state index in [4.69, 9.17) is 18.3 Å². The Bertz CT molecular complexity index is 1790. The molecule has 0 aromatic carbocycles. The topological polar surface area (TPSA) is 198 Å². The Balaban J connectivity index is -0.000000834. The van der Waals surface area contributed by atoms with Gasteiger partial charge < -0.3 is 29.6 Å². The Morgan fingerprint density at radius 1 is 0.635 bits per heavy atom. The van der Waals surface area contributed by atoms with Crippen LogP contribution in [-0.4, -0.2) is 104 Å². The van der Waals surface area contributed by atoms with E-state index in [1.807, 2.05) is 69.2 Å². The first-order chi connectivity index (χ1) is 34.7. The highest BCUT2D eigenvalue weighted by Crippen LogP contribution is 2.59. The molecule has 2 N–H and O–H groups in total. The zero-order valence-corrected chi connectivity index (χ0v) is 49.5. The maximum Gasteiger partial charge on any atom is 0.407 e. The second kappa shape index (κ2) is 36.5. The first-order valence-corrected chi connectivity index (χ1v) is 28.3. The molecule has 0 saturated heterocycles. The van der Waals surface area contributed by atoms with Crippen molar-refractivity contribution >= 4 is 45.5 Å². The fraction of sp³-hybridized carbons (Fsp3) is 0.891. The van der Waals surface area contributed by atoms with Gasteiger partial charge in [-0.2, -0.15) is 0 Å². The third-order valence-electron chi connectivity index (χ3n) is 10.7. The minimum Gasteiger partial charge on any atom is -0.469 e. The van der Waals surface area contributed by atoms with Crippen LogP contribution in [-0.2, 0) is 52.8 Å². The quantitative estimate of drug-likeness (QED) is 0.0627. The average Bonchev–Trinajstić information content (AvgIpc) is 3.98. The number of alkyl carbamates (subject to hydrolysis) is 1. The molecule has 4 rings (SSSR count). The highest BCUT2D eigenvalue weighted by molar-refractivity contribution is 7.92. The molecule has 19 heteroatoms. The van der Waals surface area contributed by atoms with Gasteiger partial charge in [0.2, 0.25) is 11.8 Å². The fourth-order valence-electron chi connectivity index (χ4n) is 5.86. The molecule has 1 atom stereocenters. The molecule has 4 aliphatic carbocycles. The summed E-state index contributed by atoms with van der Waals surface area (Å²) in [6.45, 7) is 33.2. The van der Waals surface area contributed by atoms with Gasteiger partial charge >= 0.3 is 24.0 Å². The second-order valence-electron chi connectivity index (χ2n) is 23.0. The van der Waals surface area contributed by atoms with Crippen LogP contribution in [0.1, 0.15) is 219 Å². The van der Waals surface area contributed by atoms with Crippen molar-refractivity contribution in [2.45, 2.75) is 263 Å². The predicted molar refractivity (Wildman–Crippen MR) is 285 cm³/mol. The molecule has 4 fully saturated rings. The van der Waals surface area contributed by atoms with E-state index >= 15 is 0 Å². The summed E-state index contributed by atoms with van der Waals surface area (Å²) in [4.78, 5) is 65.6. The molecule has 0 spiro atoms. The number of sulfone groups is 1. The second-order valence-corrected chi connectivity index (χ2v) is 25.3.